The second-order valence-corrected chi connectivity index (χ2v) is 5.80. The van der Waals surface area contributed by atoms with Crippen LogP contribution >= 0.6 is 15.9 Å². The summed E-state index contributed by atoms with van der Waals surface area (Å²) in [6, 6.07) is 8.60. The summed E-state index contributed by atoms with van der Waals surface area (Å²) in [7, 11) is 0. The summed E-state index contributed by atoms with van der Waals surface area (Å²) in [5.74, 6) is 0.263. The van der Waals surface area contributed by atoms with E-state index >= 15 is 0 Å². The highest BCUT2D eigenvalue weighted by Gasteiger charge is 2.32. The molecule has 0 atom stereocenters. The van der Waals surface area contributed by atoms with E-state index in [1.165, 1.54) is 5.56 Å². The van der Waals surface area contributed by atoms with E-state index in [9.17, 15) is 4.79 Å². The standard InChI is InChI=1S/C15H21BrN2O/c1-2-17-10-9-15(19)18(13-7-8-13)11-12-5-3-4-6-14(12)16/h3-6,13,17H,2,7-11H2,1H3. The molecular weight excluding hydrogens is 304 g/mol. The Bertz CT molecular complexity index is 432. The van der Waals surface area contributed by atoms with Crippen LogP contribution in [0.5, 0.6) is 0 Å². The first-order chi connectivity index (χ1) is 9.22. The van der Waals surface area contributed by atoms with E-state index in [2.05, 4.69) is 34.2 Å². The van der Waals surface area contributed by atoms with Crippen LogP contribution in [0.25, 0.3) is 0 Å². The maximum absolute atomic E-state index is 12.3. The van der Waals surface area contributed by atoms with Crippen molar-refractivity contribution in [2.45, 2.75) is 38.8 Å². The maximum Gasteiger partial charge on any atom is 0.224 e. The van der Waals surface area contributed by atoms with Gasteiger partial charge in [-0.1, -0.05) is 41.1 Å². The van der Waals surface area contributed by atoms with E-state index in [1.807, 2.05) is 23.1 Å². The van der Waals surface area contributed by atoms with Gasteiger partial charge < -0.3 is 10.2 Å². The van der Waals surface area contributed by atoms with Crippen LogP contribution in [-0.4, -0.2) is 29.9 Å². The Morgan fingerprint density at radius 3 is 2.79 bits per heavy atom. The number of carbonyl (C=O) groups is 1. The Labute approximate surface area is 123 Å². The average Bonchev–Trinajstić information content (AvgIpc) is 3.22. The smallest absolute Gasteiger partial charge is 0.224 e. The number of nitrogens with zero attached hydrogens (tertiary/aromatic N) is 1. The molecule has 0 aromatic heterocycles. The zero-order valence-electron chi connectivity index (χ0n) is 11.4. The van der Waals surface area contributed by atoms with Crippen molar-refractivity contribution in [3.63, 3.8) is 0 Å². The second kappa shape index (κ2) is 7.06. The van der Waals surface area contributed by atoms with Crippen molar-refractivity contribution in [2.24, 2.45) is 0 Å². The molecule has 0 spiro atoms. The molecule has 3 nitrogen and oxygen atoms in total. The number of hydrogen-bond donors (Lipinski definition) is 1. The normalized spacial score (nSPS) is 14.4. The van der Waals surface area contributed by atoms with Crippen molar-refractivity contribution in [3.05, 3.63) is 34.3 Å². The lowest BCUT2D eigenvalue weighted by molar-refractivity contribution is -0.132. The molecule has 0 aliphatic heterocycles. The predicted octanol–water partition coefficient (Wildman–Crippen LogP) is 2.94. The zero-order chi connectivity index (χ0) is 13.7. The second-order valence-electron chi connectivity index (χ2n) is 4.95. The van der Waals surface area contributed by atoms with E-state index in [1.54, 1.807) is 0 Å². The Balaban J connectivity index is 1.96. The molecule has 1 aliphatic carbocycles. The van der Waals surface area contributed by atoms with Gasteiger partial charge in [-0.15, -0.1) is 0 Å². The fraction of sp³-hybridized carbons (Fsp3) is 0.533. The van der Waals surface area contributed by atoms with Crippen LogP contribution < -0.4 is 5.32 Å². The van der Waals surface area contributed by atoms with Crippen molar-refractivity contribution < 1.29 is 4.79 Å². The number of carbonyl (C=O) groups excluding carboxylic acids is 1. The first kappa shape index (κ1) is 14.5. The van der Waals surface area contributed by atoms with Crippen LogP contribution in [0.4, 0.5) is 0 Å². The van der Waals surface area contributed by atoms with E-state index in [4.69, 9.17) is 0 Å². The highest BCUT2D eigenvalue weighted by Crippen LogP contribution is 2.30. The average molecular weight is 325 g/mol. The van der Waals surface area contributed by atoms with Crippen LogP contribution in [0.15, 0.2) is 28.7 Å². The van der Waals surface area contributed by atoms with Gasteiger partial charge in [-0.2, -0.15) is 0 Å². The molecule has 4 heteroatoms. The molecule has 2 rings (SSSR count). The third-order valence-corrected chi connectivity index (χ3v) is 4.15. The van der Waals surface area contributed by atoms with Gasteiger partial charge in [0, 0.05) is 30.0 Å². The summed E-state index contributed by atoms with van der Waals surface area (Å²) in [6.07, 6.45) is 2.89. The van der Waals surface area contributed by atoms with Gasteiger partial charge in [-0.25, -0.2) is 0 Å². The van der Waals surface area contributed by atoms with Gasteiger partial charge >= 0.3 is 0 Å². The summed E-state index contributed by atoms with van der Waals surface area (Å²) < 4.78 is 1.08. The molecule has 0 radical (unpaired) electrons. The van der Waals surface area contributed by atoms with Crippen LogP contribution in [-0.2, 0) is 11.3 Å². The molecule has 104 valence electrons. The SMILES string of the molecule is CCNCCC(=O)N(Cc1ccccc1Br)C1CC1. The minimum atomic E-state index is 0.263. The molecule has 1 saturated carbocycles. The van der Waals surface area contributed by atoms with Crippen LogP contribution in [0.1, 0.15) is 31.7 Å². The molecule has 19 heavy (non-hydrogen) atoms. The van der Waals surface area contributed by atoms with Crippen molar-refractivity contribution >= 4 is 21.8 Å². The molecule has 1 aromatic rings. The number of nitrogens with one attached hydrogen (secondary N) is 1. The molecule has 1 fully saturated rings. The van der Waals surface area contributed by atoms with Gasteiger partial charge in [0.25, 0.3) is 0 Å². The van der Waals surface area contributed by atoms with E-state index in [0.717, 1.165) is 36.9 Å². The summed E-state index contributed by atoms with van der Waals surface area (Å²) >= 11 is 3.56. The minimum Gasteiger partial charge on any atom is -0.335 e. The number of rotatable bonds is 7. The predicted molar refractivity (Wildman–Crippen MR) is 80.9 cm³/mol. The van der Waals surface area contributed by atoms with Gasteiger partial charge in [-0.05, 0) is 31.0 Å². The first-order valence-electron chi connectivity index (χ1n) is 6.96. The van der Waals surface area contributed by atoms with E-state index in [0.29, 0.717) is 12.5 Å². The third-order valence-electron chi connectivity index (χ3n) is 3.37. The first-order valence-corrected chi connectivity index (χ1v) is 7.75. The Morgan fingerprint density at radius 1 is 1.42 bits per heavy atom. The Hall–Kier alpha value is -0.870. The van der Waals surface area contributed by atoms with Crippen LogP contribution in [0, 0.1) is 0 Å². The number of hydrogen-bond acceptors (Lipinski definition) is 2. The van der Waals surface area contributed by atoms with Crippen LogP contribution in [0.3, 0.4) is 0 Å². The van der Waals surface area contributed by atoms with Crippen molar-refractivity contribution in [1.82, 2.24) is 10.2 Å². The molecule has 1 aromatic carbocycles. The van der Waals surface area contributed by atoms with Crippen molar-refractivity contribution in [3.8, 4) is 0 Å². The largest absolute Gasteiger partial charge is 0.335 e. The highest BCUT2D eigenvalue weighted by molar-refractivity contribution is 9.10. The maximum atomic E-state index is 12.3. The van der Waals surface area contributed by atoms with Crippen molar-refractivity contribution in [1.29, 1.82) is 0 Å². The molecule has 0 heterocycles. The minimum absolute atomic E-state index is 0.263. The third kappa shape index (κ3) is 4.32. The van der Waals surface area contributed by atoms with Crippen LogP contribution in [0.2, 0.25) is 0 Å². The monoisotopic (exact) mass is 324 g/mol. The van der Waals surface area contributed by atoms with Gasteiger partial charge in [0.2, 0.25) is 5.91 Å². The fourth-order valence-electron chi connectivity index (χ4n) is 2.13. The number of benzene rings is 1. The lowest BCUT2D eigenvalue weighted by atomic mass is 10.2. The molecule has 0 bridgehead atoms. The molecule has 1 aliphatic rings. The van der Waals surface area contributed by atoms with Crippen molar-refractivity contribution in [2.75, 3.05) is 13.1 Å². The van der Waals surface area contributed by atoms with Gasteiger partial charge in [0.1, 0.15) is 0 Å². The molecule has 0 saturated heterocycles. The summed E-state index contributed by atoms with van der Waals surface area (Å²) in [4.78, 5) is 14.3. The van der Waals surface area contributed by atoms with Gasteiger partial charge in [0.15, 0.2) is 0 Å². The van der Waals surface area contributed by atoms with Gasteiger partial charge in [0.05, 0.1) is 0 Å². The summed E-state index contributed by atoms with van der Waals surface area (Å²) in [5, 5.41) is 3.21. The quantitative estimate of drug-likeness (QED) is 0.782. The topological polar surface area (TPSA) is 32.3 Å². The molecule has 1 amide bonds. The molecule has 1 N–H and O–H groups in total. The number of amides is 1. The van der Waals surface area contributed by atoms with E-state index in [-0.39, 0.29) is 5.91 Å². The van der Waals surface area contributed by atoms with Gasteiger partial charge in [-0.3, -0.25) is 4.79 Å². The fourth-order valence-corrected chi connectivity index (χ4v) is 2.54. The Morgan fingerprint density at radius 2 is 2.16 bits per heavy atom. The zero-order valence-corrected chi connectivity index (χ0v) is 12.9. The lowest BCUT2D eigenvalue weighted by Gasteiger charge is -2.23. The molecular formula is C15H21BrN2O. The molecule has 0 unspecified atom stereocenters. The Kier molecular flexibility index (Phi) is 5.40. The summed E-state index contributed by atoms with van der Waals surface area (Å²) in [5.41, 5.74) is 1.19. The number of halogens is 1. The highest BCUT2D eigenvalue weighted by atomic mass is 79.9. The van der Waals surface area contributed by atoms with E-state index < -0.39 is 0 Å². The summed E-state index contributed by atoms with van der Waals surface area (Å²) in [6.45, 7) is 4.47. The lowest BCUT2D eigenvalue weighted by Crippen LogP contribution is -2.34.